The van der Waals surface area contributed by atoms with E-state index in [1.54, 1.807) is 0 Å². The normalized spacial score (nSPS) is 16.2. The average Bonchev–Trinajstić information content (AvgIpc) is 2.52. The number of amides is 1. The molecule has 122 valence electrons. The maximum Gasteiger partial charge on any atom is 0.260 e. The van der Waals surface area contributed by atoms with Crippen molar-refractivity contribution in [3.8, 4) is 0 Å². The lowest BCUT2D eigenvalue weighted by Gasteiger charge is -2.32. The molecule has 0 aliphatic carbocycles. The molecule has 1 aliphatic heterocycles. The minimum Gasteiger partial charge on any atom is -0.391 e. The van der Waals surface area contributed by atoms with Gasteiger partial charge in [0.15, 0.2) is 23.3 Å². The van der Waals surface area contributed by atoms with E-state index in [0.717, 1.165) is 9.80 Å². The lowest BCUT2D eigenvalue weighted by Crippen LogP contribution is -3.15. The van der Waals surface area contributed by atoms with Gasteiger partial charge in [0.2, 0.25) is 5.82 Å². The SMILES string of the molecule is O=C(c1c(F)c(F)c(F)c(F)c1F)N1CC[NH+](CCO)CC1. The van der Waals surface area contributed by atoms with Gasteiger partial charge in [-0.05, 0) is 0 Å². The Labute approximate surface area is 122 Å². The number of nitrogens with zero attached hydrogens (tertiary/aromatic N) is 1. The van der Waals surface area contributed by atoms with Crippen molar-refractivity contribution in [2.24, 2.45) is 0 Å². The van der Waals surface area contributed by atoms with Crippen molar-refractivity contribution in [1.82, 2.24) is 4.90 Å². The molecule has 0 saturated carbocycles. The first kappa shape index (κ1) is 16.6. The summed E-state index contributed by atoms with van der Waals surface area (Å²) in [5.41, 5.74) is -1.43. The molecular weight excluding hydrogens is 311 g/mol. The van der Waals surface area contributed by atoms with Crippen molar-refractivity contribution in [3.05, 3.63) is 34.6 Å². The van der Waals surface area contributed by atoms with Crippen LogP contribution in [0.5, 0.6) is 0 Å². The molecule has 1 aromatic rings. The van der Waals surface area contributed by atoms with Crippen molar-refractivity contribution < 1.29 is 36.8 Å². The van der Waals surface area contributed by atoms with Crippen LogP contribution in [0.15, 0.2) is 0 Å². The summed E-state index contributed by atoms with van der Waals surface area (Å²) in [6.45, 7) is 1.47. The molecule has 0 bridgehead atoms. The van der Waals surface area contributed by atoms with E-state index >= 15 is 0 Å². The van der Waals surface area contributed by atoms with Crippen LogP contribution in [0.25, 0.3) is 0 Å². The predicted molar refractivity (Wildman–Crippen MR) is 64.8 cm³/mol. The Morgan fingerprint density at radius 1 is 0.955 bits per heavy atom. The van der Waals surface area contributed by atoms with Gasteiger partial charge in [0, 0.05) is 0 Å². The second-order valence-electron chi connectivity index (χ2n) is 4.96. The molecule has 22 heavy (non-hydrogen) atoms. The zero-order valence-electron chi connectivity index (χ0n) is 11.4. The van der Waals surface area contributed by atoms with Crippen LogP contribution in [0, 0.1) is 29.1 Å². The van der Waals surface area contributed by atoms with Crippen LogP contribution in [-0.4, -0.2) is 55.2 Å². The van der Waals surface area contributed by atoms with Crippen LogP contribution in [0.3, 0.4) is 0 Å². The highest BCUT2D eigenvalue weighted by Gasteiger charge is 2.33. The molecule has 0 aromatic heterocycles. The Kier molecular flexibility index (Phi) is 4.97. The van der Waals surface area contributed by atoms with Gasteiger partial charge in [-0.25, -0.2) is 22.0 Å². The second kappa shape index (κ2) is 6.57. The molecule has 0 spiro atoms. The third kappa shape index (κ3) is 2.91. The van der Waals surface area contributed by atoms with Gasteiger partial charge in [-0.15, -0.1) is 0 Å². The van der Waals surface area contributed by atoms with Crippen LogP contribution in [0.4, 0.5) is 22.0 Å². The maximum absolute atomic E-state index is 13.6. The number of carbonyl (C=O) groups excluding carboxylic acids is 1. The van der Waals surface area contributed by atoms with Crippen LogP contribution >= 0.6 is 0 Å². The lowest BCUT2D eigenvalue weighted by molar-refractivity contribution is -0.904. The maximum atomic E-state index is 13.6. The molecule has 1 fully saturated rings. The predicted octanol–water partition coefficient (Wildman–Crippen LogP) is -0.285. The first-order valence-electron chi connectivity index (χ1n) is 6.63. The van der Waals surface area contributed by atoms with E-state index in [2.05, 4.69) is 0 Å². The quantitative estimate of drug-likeness (QED) is 0.456. The highest BCUT2D eigenvalue weighted by atomic mass is 19.2. The number of hydrogen-bond donors (Lipinski definition) is 2. The number of benzene rings is 1. The minimum atomic E-state index is -2.29. The van der Waals surface area contributed by atoms with E-state index in [4.69, 9.17) is 5.11 Å². The zero-order valence-corrected chi connectivity index (χ0v) is 11.4. The fourth-order valence-electron chi connectivity index (χ4n) is 2.38. The standard InChI is InChI=1S/C13H13F5N2O2/c14-8-7(9(15)11(17)12(18)10(8)16)13(22)20-3-1-19(2-4-20)5-6-21/h21H,1-6H2/p+1. The molecule has 1 aromatic carbocycles. The van der Waals surface area contributed by atoms with Gasteiger partial charge >= 0.3 is 0 Å². The highest BCUT2D eigenvalue weighted by molar-refractivity contribution is 5.95. The van der Waals surface area contributed by atoms with Gasteiger partial charge < -0.3 is 14.9 Å². The van der Waals surface area contributed by atoms with Gasteiger partial charge in [-0.3, -0.25) is 4.79 Å². The van der Waals surface area contributed by atoms with Crippen LogP contribution in [0.2, 0.25) is 0 Å². The fraction of sp³-hybridized carbons (Fsp3) is 0.462. The van der Waals surface area contributed by atoms with Crippen LogP contribution in [0.1, 0.15) is 10.4 Å². The number of hydrogen-bond acceptors (Lipinski definition) is 2. The summed E-state index contributed by atoms with van der Waals surface area (Å²) in [6, 6.07) is 0. The van der Waals surface area contributed by atoms with E-state index in [9.17, 15) is 26.7 Å². The summed E-state index contributed by atoms with van der Waals surface area (Å²) in [6.07, 6.45) is 0. The van der Waals surface area contributed by atoms with E-state index in [1.165, 1.54) is 0 Å². The Balaban J connectivity index is 2.24. The number of piperazine rings is 1. The third-order valence-electron chi connectivity index (χ3n) is 3.65. The van der Waals surface area contributed by atoms with Crippen molar-refractivity contribution in [2.75, 3.05) is 39.3 Å². The molecule has 1 heterocycles. The number of aliphatic hydroxyl groups is 1. The van der Waals surface area contributed by atoms with Gasteiger partial charge in [-0.2, -0.15) is 0 Å². The Bertz CT molecular complexity index is 559. The minimum absolute atomic E-state index is 0.0408. The lowest BCUT2D eigenvalue weighted by atomic mass is 10.1. The molecule has 1 aliphatic rings. The molecule has 0 unspecified atom stereocenters. The topological polar surface area (TPSA) is 45.0 Å². The van der Waals surface area contributed by atoms with Gasteiger partial charge in [0.25, 0.3) is 5.91 Å². The van der Waals surface area contributed by atoms with Crippen molar-refractivity contribution in [3.63, 3.8) is 0 Å². The Morgan fingerprint density at radius 3 is 1.86 bits per heavy atom. The number of quaternary nitrogens is 1. The second-order valence-corrected chi connectivity index (χ2v) is 4.96. The highest BCUT2D eigenvalue weighted by Crippen LogP contribution is 2.24. The third-order valence-corrected chi connectivity index (χ3v) is 3.65. The van der Waals surface area contributed by atoms with E-state index in [1.807, 2.05) is 0 Å². The molecule has 1 saturated heterocycles. The molecule has 1 amide bonds. The zero-order chi connectivity index (χ0) is 16.4. The number of aliphatic hydroxyl groups excluding tert-OH is 1. The largest absolute Gasteiger partial charge is 0.391 e. The van der Waals surface area contributed by atoms with E-state index in [-0.39, 0.29) is 19.7 Å². The molecule has 0 radical (unpaired) electrons. The van der Waals surface area contributed by atoms with Gasteiger partial charge in [0.05, 0.1) is 32.8 Å². The first-order valence-corrected chi connectivity index (χ1v) is 6.63. The van der Waals surface area contributed by atoms with Crippen molar-refractivity contribution in [2.45, 2.75) is 0 Å². The summed E-state index contributed by atoms with van der Waals surface area (Å²) < 4.78 is 66.4. The molecular formula is C13H14F5N2O2+. The van der Waals surface area contributed by atoms with Gasteiger partial charge in [0.1, 0.15) is 12.1 Å². The summed E-state index contributed by atoms with van der Waals surface area (Å²) >= 11 is 0. The Morgan fingerprint density at radius 2 is 1.41 bits per heavy atom. The van der Waals surface area contributed by atoms with Crippen molar-refractivity contribution >= 4 is 5.91 Å². The molecule has 0 atom stereocenters. The average molecular weight is 325 g/mol. The molecule has 4 nitrogen and oxygen atoms in total. The fourth-order valence-corrected chi connectivity index (χ4v) is 2.38. The number of nitrogens with one attached hydrogen (secondary N) is 1. The number of halogens is 5. The summed E-state index contributed by atoms with van der Waals surface area (Å²) in [5.74, 6) is -12.0. The van der Waals surface area contributed by atoms with Crippen molar-refractivity contribution in [1.29, 1.82) is 0 Å². The van der Waals surface area contributed by atoms with E-state index in [0.29, 0.717) is 19.6 Å². The number of rotatable bonds is 3. The monoisotopic (exact) mass is 325 g/mol. The van der Waals surface area contributed by atoms with Crippen LogP contribution < -0.4 is 4.90 Å². The van der Waals surface area contributed by atoms with Crippen LogP contribution in [-0.2, 0) is 0 Å². The summed E-state index contributed by atoms with van der Waals surface area (Å²) in [4.78, 5) is 14.1. The smallest absolute Gasteiger partial charge is 0.260 e. The molecule has 2 rings (SSSR count). The first-order chi connectivity index (χ1) is 10.4. The molecule has 9 heteroatoms. The Hall–Kier alpha value is -1.74. The summed E-state index contributed by atoms with van der Waals surface area (Å²) in [5, 5.41) is 8.81. The number of carbonyl (C=O) groups is 1. The van der Waals surface area contributed by atoms with E-state index < -0.39 is 40.6 Å². The molecule has 2 N–H and O–H groups in total. The van der Waals surface area contributed by atoms with Gasteiger partial charge in [-0.1, -0.05) is 0 Å². The summed E-state index contributed by atoms with van der Waals surface area (Å²) in [7, 11) is 0.